The van der Waals surface area contributed by atoms with E-state index >= 15 is 0 Å². The smallest absolute Gasteiger partial charge is 0.335 e. The molecule has 0 spiro atoms. The highest BCUT2D eigenvalue weighted by Gasteiger charge is 2.08. The van der Waals surface area contributed by atoms with Crippen molar-refractivity contribution in [3.05, 3.63) is 59.7 Å². The van der Waals surface area contributed by atoms with Crippen LogP contribution in [0.2, 0.25) is 0 Å². The first-order valence-electron chi connectivity index (χ1n) is 6.39. The quantitative estimate of drug-likeness (QED) is 0.905. The van der Waals surface area contributed by atoms with Gasteiger partial charge in [-0.05, 0) is 42.5 Å². The Morgan fingerprint density at radius 2 is 1.67 bits per heavy atom. The summed E-state index contributed by atoms with van der Waals surface area (Å²) in [5.41, 5.74) is 2.22. The first-order chi connectivity index (χ1) is 9.97. The van der Waals surface area contributed by atoms with E-state index in [9.17, 15) is 9.59 Å². The molecule has 5 nitrogen and oxygen atoms in total. The Kier molecular flexibility index (Phi) is 4.23. The molecule has 2 rings (SSSR count). The van der Waals surface area contributed by atoms with Gasteiger partial charge < -0.3 is 15.3 Å². The minimum atomic E-state index is -0.994. The predicted molar refractivity (Wildman–Crippen MR) is 82.1 cm³/mol. The molecule has 0 heterocycles. The Morgan fingerprint density at radius 3 is 2.24 bits per heavy atom. The van der Waals surface area contributed by atoms with Gasteiger partial charge >= 0.3 is 5.97 Å². The molecule has 0 aliphatic rings. The molecule has 0 saturated heterocycles. The summed E-state index contributed by atoms with van der Waals surface area (Å²) in [5.74, 6) is -1.23. The summed E-state index contributed by atoms with van der Waals surface area (Å²) in [6, 6.07) is 13.3. The number of hydrogen-bond acceptors (Lipinski definition) is 3. The number of carbonyl (C=O) groups is 2. The highest BCUT2D eigenvalue weighted by atomic mass is 16.4. The van der Waals surface area contributed by atoms with Crippen LogP contribution in [0.4, 0.5) is 11.4 Å². The van der Waals surface area contributed by atoms with E-state index in [0.29, 0.717) is 11.3 Å². The van der Waals surface area contributed by atoms with Crippen LogP contribution in [-0.4, -0.2) is 31.1 Å². The molecule has 0 aliphatic heterocycles. The summed E-state index contributed by atoms with van der Waals surface area (Å²) in [6.45, 7) is 0. The van der Waals surface area contributed by atoms with Gasteiger partial charge in [0.2, 0.25) is 0 Å². The highest BCUT2D eigenvalue weighted by molar-refractivity contribution is 6.05. The van der Waals surface area contributed by atoms with Gasteiger partial charge in [-0.25, -0.2) is 4.79 Å². The van der Waals surface area contributed by atoms with Crippen molar-refractivity contribution in [2.45, 2.75) is 0 Å². The van der Waals surface area contributed by atoms with Crippen LogP contribution in [0.5, 0.6) is 0 Å². The minimum absolute atomic E-state index is 0.183. The van der Waals surface area contributed by atoms with Crippen molar-refractivity contribution in [1.82, 2.24) is 0 Å². The largest absolute Gasteiger partial charge is 0.478 e. The lowest BCUT2D eigenvalue weighted by Crippen LogP contribution is -2.14. The Morgan fingerprint density at radius 1 is 1.00 bits per heavy atom. The summed E-state index contributed by atoms with van der Waals surface area (Å²) in [5, 5.41) is 11.6. The van der Waals surface area contributed by atoms with E-state index in [2.05, 4.69) is 5.32 Å². The maximum absolute atomic E-state index is 12.2. The molecule has 0 aliphatic carbocycles. The molecule has 2 aromatic rings. The lowest BCUT2D eigenvalue weighted by molar-refractivity contribution is 0.0696. The normalized spacial score (nSPS) is 10.0. The van der Waals surface area contributed by atoms with Gasteiger partial charge in [-0.3, -0.25) is 4.79 Å². The Hall–Kier alpha value is -2.82. The van der Waals surface area contributed by atoms with Crippen LogP contribution in [0.3, 0.4) is 0 Å². The minimum Gasteiger partial charge on any atom is -0.478 e. The molecule has 108 valence electrons. The number of anilines is 2. The number of amides is 1. The topological polar surface area (TPSA) is 69.6 Å². The molecule has 0 saturated carbocycles. The van der Waals surface area contributed by atoms with E-state index in [-0.39, 0.29) is 11.5 Å². The fourth-order valence-electron chi connectivity index (χ4n) is 1.82. The van der Waals surface area contributed by atoms with E-state index in [1.165, 1.54) is 12.1 Å². The van der Waals surface area contributed by atoms with Gasteiger partial charge in [-0.2, -0.15) is 0 Å². The molecular formula is C16H16N2O3. The van der Waals surface area contributed by atoms with E-state index in [4.69, 9.17) is 5.11 Å². The molecule has 2 N–H and O–H groups in total. The van der Waals surface area contributed by atoms with E-state index in [1.54, 1.807) is 24.3 Å². The number of hydrogen-bond donors (Lipinski definition) is 2. The number of benzene rings is 2. The number of carboxylic acid groups (broad SMARTS) is 1. The van der Waals surface area contributed by atoms with E-state index < -0.39 is 5.97 Å². The number of rotatable bonds is 4. The third-order valence-electron chi connectivity index (χ3n) is 3.01. The average Bonchev–Trinajstić information content (AvgIpc) is 2.48. The van der Waals surface area contributed by atoms with Crippen LogP contribution in [-0.2, 0) is 0 Å². The van der Waals surface area contributed by atoms with Crippen molar-refractivity contribution in [2.75, 3.05) is 24.3 Å². The second-order valence-electron chi connectivity index (χ2n) is 4.78. The summed E-state index contributed by atoms with van der Waals surface area (Å²) < 4.78 is 0. The van der Waals surface area contributed by atoms with Crippen LogP contribution in [0.15, 0.2) is 48.5 Å². The Bertz CT molecular complexity index is 663. The number of nitrogens with one attached hydrogen (secondary N) is 1. The van der Waals surface area contributed by atoms with Gasteiger partial charge in [0.05, 0.1) is 5.56 Å². The standard InChI is InChI=1S/C16H16N2O3/c1-18(2)14-5-3-4-12(10-14)15(19)17-13-8-6-11(7-9-13)16(20)21/h3-10H,1-2H3,(H,17,19)(H,20,21). The molecular weight excluding hydrogens is 268 g/mol. The summed E-state index contributed by atoms with van der Waals surface area (Å²) in [6.07, 6.45) is 0. The van der Waals surface area contributed by atoms with Crippen molar-refractivity contribution >= 4 is 23.3 Å². The lowest BCUT2D eigenvalue weighted by atomic mass is 10.1. The van der Waals surface area contributed by atoms with Crippen molar-refractivity contribution in [2.24, 2.45) is 0 Å². The summed E-state index contributed by atoms with van der Waals surface area (Å²) in [4.78, 5) is 24.8. The maximum Gasteiger partial charge on any atom is 0.335 e. The zero-order chi connectivity index (χ0) is 15.4. The van der Waals surface area contributed by atoms with Crippen molar-refractivity contribution < 1.29 is 14.7 Å². The third-order valence-corrected chi connectivity index (χ3v) is 3.01. The number of carboxylic acids is 1. The number of carbonyl (C=O) groups excluding carboxylic acids is 1. The van der Waals surface area contributed by atoms with Crippen LogP contribution in [0.25, 0.3) is 0 Å². The molecule has 21 heavy (non-hydrogen) atoms. The molecule has 0 fully saturated rings. The monoisotopic (exact) mass is 284 g/mol. The Labute approximate surface area is 122 Å². The first-order valence-corrected chi connectivity index (χ1v) is 6.39. The number of nitrogens with zero attached hydrogens (tertiary/aromatic N) is 1. The predicted octanol–water partition coefficient (Wildman–Crippen LogP) is 2.70. The zero-order valence-electron chi connectivity index (χ0n) is 11.8. The average molecular weight is 284 g/mol. The fourth-order valence-corrected chi connectivity index (χ4v) is 1.82. The molecule has 5 heteroatoms. The molecule has 0 bridgehead atoms. The zero-order valence-corrected chi connectivity index (χ0v) is 11.8. The van der Waals surface area contributed by atoms with E-state index in [1.807, 2.05) is 31.1 Å². The summed E-state index contributed by atoms with van der Waals surface area (Å²) >= 11 is 0. The molecule has 0 aromatic heterocycles. The maximum atomic E-state index is 12.2. The van der Waals surface area contributed by atoms with Crippen LogP contribution < -0.4 is 10.2 Å². The van der Waals surface area contributed by atoms with Crippen LogP contribution in [0.1, 0.15) is 20.7 Å². The third kappa shape index (κ3) is 3.60. The van der Waals surface area contributed by atoms with Gasteiger partial charge in [0.1, 0.15) is 0 Å². The SMILES string of the molecule is CN(C)c1cccc(C(=O)Nc2ccc(C(=O)O)cc2)c1. The molecule has 0 radical (unpaired) electrons. The van der Waals surface area contributed by atoms with Crippen molar-refractivity contribution in [3.63, 3.8) is 0 Å². The molecule has 2 aromatic carbocycles. The van der Waals surface area contributed by atoms with E-state index in [0.717, 1.165) is 5.69 Å². The number of aromatic carboxylic acids is 1. The van der Waals surface area contributed by atoms with Gasteiger partial charge in [0.15, 0.2) is 0 Å². The lowest BCUT2D eigenvalue weighted by Gasteiger charge is -2.13. The van der Waals surface area contributed by atoms with Crippen molar-refractivity contribution in [1.29, 1.82) is 0 Å². The van der Waals surface area contributed by atoms with Crippen molar-refractivity contribution in [3.8, 4) is 0 Å². The fraction of sp³-hybridized carbons (Fsp3) is 0.125. The molecule has 0 unspecified atom stereocenters. The summed E-state index contributed by atoms with van der Waals surface area (Å²) in [7, 11) is 3.81. The second kappa shape index (κ2) is 6.09. The van der Waals surface area contributed by atoms with Crippen LogP contribution >= 0.6 is 0 Å². The Balaban J connectivity index is 2.14. The van der Waals surface area contributed by atoms with Gasteiger partial charge in [0, 0.05) is 31.0 Å². The second-order valence-corrected chi connectivity index (χ2v) is 4.78. The van der Waals surface area contributed by atoms with Crippen LogP contribution in [0, 0.1) is 0 Å². The molecule has 0 atom stereocenters. The highest BCUT2D eigenvalue weighted by Crippen LogP contribution is 2.16. The molecule has 1 amide bonds. The van der Waals surface area contributed by atoms with Gasteiger partial charge in [0.25, 0.3) is 5.91 Å². The van der Waals surface area contributed by atoms with Gasteiger partial charge in [-0.15, -0.1) is 0 Å². The van der Waals surface area contributed by atoms with Gasteiger partial charge in [-0.1, -0.05) is 6.07 Å². The first kappa shape index (κ1) is 14.6.